The number of hydrogen-bond donors (Lipinski definition) is 2. The lowest BCUT2D eigenvalue weighted by Gasteiger charge is -2.04. The lowest BCUT2D eigenvalue weighted by atomic mass is 10.1. The van der Waals surface area contributed by atoms with Crippen LogP contribution in [0, 0.1) is 6.57 Å². The highest BCUT2D eigenvalue weighted by atomic mass is 16.5. The van der Waals surface area contributed by atoms with Gasteiger partial charge in [0.2, 0.25) is 18.3 Å². The summed E-state index contributed by atoms with van der Waals surface area (Å²) in [6.45, 7) is 7.35. The highest BCUT2D eigenvalue weighted by molar-refractivity contribution is 5.95. The number of carbonyl (C=O) groups excluding carboxylic acids is 1. The molecule has 0 spiro atoms. The van der Waals surface area contributed by atoms with E-state index in [0.29, 0.717) is 19.0 Å². The fourth-order valence-corrected chi connectivity index (χ4v) is 2.32. The Kier molecular flexibility index (Phi) is 4.72. The average molecular weight is 333 g/mol. The van der Waals surface area contributed by atoms with Crippen molar-refractivity contribution in [3.05, 3.63) is 59.8 Å². The molecule has 0 bridgehead atoms. The monoisotopic (exact) mass is 333 g/mol. The maximum absolute atomic E-state index is 10.9. The molecule has 0 aromatic carbocycles. The quantitative estimate of drug-likeness (QED) is 0.411. The van der Waals surface area contributed by atoms with Gasteiger partial charge in [-0.15, -0.1) is 0 Å². The van der Waals surface area contributed by atoms with E-state index in [2.05, 4.69) is 19.8 Å². The van der Waals surface area contributed by atoms with E-state index in [1.54, 1.807) is 30.7 Å². The maximum atomic E-state index is 10.9. The van der Waals surface area contributed by atoms with E-state index in [1.807, 2.05) is 12.1 Å². The SMILES string of the molecule is [C-]#[N+]CCOc1ccc(-c2cnc3[nH]cc(/C=C/C(N)=O)c3c2)cn1. The molecule has 0 fully saturated rings. The third-order valence-corrected chi connectivity index (χ3v) is 3.51. The van der Waals surface area contributed by atoms with Crippen molar-refractivity contribution in [1.29, 1.82) is 0 Å². The summed E-state index contributed by atoms with van der Waals surface area (Å²) >= 11 is 0. The number of nitrogens with two attached hydrogens (primary N) is 1. The number of amides is 1. The van der Waals surface area contributed by atoms with Gasteiger partial charge in [-0.1, -0.05) is 0 Å². The lowest BCUT2D eigenvalue weighted by molar-refractivity contribution is -0.113. The molecule has 3 aromatic heterocycles. The molecule has 3 N–H and O–H groups in total. The van der Waals surface area contributed by atoms with Gasteiger partial charge in [0.15, 0.2) is 6.61 Å². The molecule has 0 radical (unpaired) electrons. The second-order valence-electron chi connectivity index (χ2n) is 5.22. The molecule has 3 rings (SSSR count). The second-order valence-corrected chi connectivity index (χ2v) is 5.22. The first-order valence-electron chi connectivity index (χ1n) is 7.54. The Balaban J connectivity index is 1.87. The number of aromatic amines is 1. The van der Waals surface area contributed by atoms with E-state index in [9.17, 15) is 4.79 Å². The van der Waals surface area contributed by atoms with Crippen LogP contribution in [0.4, 0.5) is 0 Å². The Hall–Kier alpha value is -3.66. The van der Waals surface area contributed by atoms with Crippen LogP contribution in [0.3, 0.4) is 0 Å². The van der Waals surface area contributed by atoms with Crippen molar-refractivity contribution in [2.75, 3.05) is 13.2 Å². The van der Waals surface area contributed by atoms with Crippen molar-refractivity contribution in [2.24, 2.45) is 5.73 Å². The van der Waals surface area contributed by atoms with E-state index < -0.39 is 5.91 Å². The summed E-state index contributed by atoms with van der Waals surface area (Å²) < 4.78 is 5.37. The first-order valence-corrected chi connectivity index (χ1v) is 7.54. The van der Waals surface area contributed by atoms with Gasteiger partial charge in [-0.3, -0.25) is 4.79 Å². The van der Waals surface area contributed by atoms with Gasteiger partial charge in [0.1, 0.15) is 5.65 Å². The van der Waals surface area contributed by atoms with E-state index in [1.165, 1.54) is 6.08 Å². The minimum atomic E-state index is -0.503. The number of carbonyl (C=O) groups is 1. The van der Waals surface area contributed by atoms with E-state index in [0.717, 1.165) is 27.7 Å². The standard InChI is InChI=1S/C18H15N5O2/c1-20-6-7-25-17-5-3-12(9-21-17)14-8-15-13(2-4-16(19)24)10-22-18(15)23-11-14/h2-5,8-11H,6-7H2,(H2,19,24)(H,22,23)/b4-2+. The highest BCUT2D eigenvalue weighted by Crippen LogP contribution is 2.25. The summed E-state index contributed by atoms with van der Waals surface area (Å²) in [5, 5.41) is 0.882. The van der Waals surface area contributed by atoms with Crippen LogP contribution >= 0.6 is 0 Å². The second kappa shape index (κ2) is 7.27. The molecule has 0 saturated heterocycles. The maximum Gasteiger partial charge on any atom is 0.248 e. The molecule has 124 valence electrons. The predicted octanol–water partition coefficient (Wildman–Crippen LogP) is 2.42. The minimum absolute atomic E-state index is 0.305. The summed E-state index contributed by atoms with van der Waals surface area (Å²) in [6.07, 6.45) is 8.18. The van der Waals surface area contributed by atoms with Crippen molar-refractivity contribution in [3.63, 3.8) is 0 Å². The number of pyridine rings is 2. The fourth-order valence-electron chi connectivity index (χ4n) is 2.32. The van der Waals surface area contributed by atoms with Gasteiger partial charge in [0.05, 0.1) is 0 Å². The molecular formula is C18H15N5O2. The van der Waals surface area contributed by atoms with Crippen LogP contribution < -0.4 is 10.5 Å². The average Bonchev–Trinajstić information content (AvgIpc) is 3.03. The van der Waals surface area contributed by atoms with Crippen LogP contribution in [0.1, 0.15) is 5.56 Å². The van der Waals surface area contributed by atoms with E-state index in [4.69, 9.17) is 17.0 Å². The number of ether oxygens (including phenoxy) is 1. The molecule has 25 heavy (non-hydrogen) atoms. The van der Waals surface area contributed by atoms with Gasteiger partial charge >= 0.3 is 0 Å². The summed E-state index contributed by atoms with van der Waals surface area (Å²) in [5.41, 5.74) is 8.47. The van der Waals surface area contributed by atoms with Crippen LogP contribution in [0.5, 0.6) is 5.88 Å². The molecule has 1 amide bonds. The van der Waals surface area contributed by atoms with Crippen LogP contribution in [0.2, 0.25) is 0 Å². The first-order chi connectivity index (χ1) is 12.2. The van der Waals surface area contributed by atoms with Crippen molar-refractivity contribution in [1.82, 2.24) is 15.0 Å². The molecule has 0 saturated carbocycles. The third-order valence-electron chi connectivity index (χ3n) is 3.51. The van der Waals surface area contributed by atoms with Crippen molar-refractivity contribution in [3.8, 4) is 17.0 Å². The summed E-state index contributed by atoms with van der Waals surface area (Å²) in [5.74, 6) is -0.0235. The highest BCUT2D eigenvalue weighted by Gasteiger charge is 2.07. The summed E-state index contributed by atoms with van der Waals surface area (Å²) in [4.78, 5) is 25.8. The Labute approximate surface area is 144 Å². The molecule has 0 unspecified atom stereocenters. The van der Waals surface area contributed by atoms with Crippen LogP contribution in [-0.2, 0) is 4.79 Å². The third kappa shape index (κ3) is 3.82. The van der Waals surface area contributed by atoms with E-state index >= 15 is 0 Å². The van der Waals surface area contributed by atoms with Gasteiger partial charge in [-0.05, 0) is 18.2 Å². The molecule has 0 aliphatic carbocycles. The molecule has 7 nitrogen and oxygen atoms in total. The molecule has 0 atom stereocenters. The Morgan fingerprint density at radius 2 is 2.16 bits per heavy atom. The predicted molar refractivity (Wildman–Crippen MR) is 94.5 cm³/mol. The number of rotatable bonds is 6. The number of nitrogens with zero attached hydrogens (tertiary/aromatic N) is 3. The van der Waals surface area contributed by atoms with Crippen LogP contribution in [-0.4, -0.2) is 34.0 Å². The number of nitrogens with one attached hydrogen (secondary N) is 1. The molecule has 3 aromatic rings. The summed E-state index contributed by atoms with van der Waals surface area (Å²) in [6, 6.07) is 5.61. The minimum Gasteiger partial charge on any atom is -0.470 e. The van der Waals surface area contributed by atoms with Crippen molar-refractivity contribution < 1.29 is 9.53 Å². The van der Waals surface area contributed by atoms with Gasteiger partial charge in [-0.25, -0.2) is 16.5 Å². The van der Waals surface area contributed by atoms with Gasteiger partial charge in [0.25, 0.3) is 0 Å². The topological polar surface area (TPSA) is 98.2 Å². The molecule has 3 heterocycles. The fraction of sp³-hybridized carbons (Fsp3) is 0.111. The van der Waals surface area contributed by atoms with Gasteiger partial charge in [0, 0.05) is 52.8 Å². The van der Waals surface area contributed by atoms with Crippen LogP contribution in [0.25, 0.3) is 33.1 Å². The van der Waals surface area contributed by atoms with Crippen LogP contribution in [0.15, 0.2) is 42.9 Å². The Morgan fingerprint density at radius 3 is 2.88 bits per heavy atom. The molecule has 0 aliphatic rings. The van der Waals surface area contributed by atoms with Crippen molar-refractivity contribution >= 4 is 23.0 Å². The number of hydrogen-bond acceptors (Lipinski definition) is 4. The Morgan fingerprint density at radius 1 is 1.32 bits per heavy atom. The van der Waals surface area contributed by atoms with Gasteiger partial charge < -0.3 is 20.3 Å². The number of aromatic nitrogens is 3. The van der Waals surface area contributed by atoms with E-state index in [-0.39, 0.29) is 0 Å². The zero-order chi connectivity index (χ0) is 17.6. The molecular weight excluding hydrogens is 318 g/mol. The zero-order valence-electron chi connectivity index (χ0n) is 13.3. The first kappa shape index (κ1) is 16.2. The number of fused-ring (bicyclic) bond motifs is 1. The van der Waals surface area contributed by atoms with Crippen molar-refractivity contribution in [2.45, 2.75) is 0 Å². The summed E-state index contributed by atoms with van der Waals surface area (Å²) in [7, 11) is 0. The van der Waals surface area contributed by atoms with Gasteiger partial charge in [-0.2, -0.15) is 0 Å². The molecule has 7 heteroatoms. The number of H-pyrrole nitrogens is 1. The molecule has 0 aliphatic heterocycles. The smallest absolute Gasteiger partial charge is 0.248 e. The number of primary amides is 1. The normalized spacial score (nSPS) is 10.8. The Bertz CT molecular complexity index is 967. The largest absolute Gasteiger partial charge is 0.470 e. The lowest BCUT2D eigenvalue weighted by Crippen LogP contribution is -2.04. The zero-order valence-corrected chi connectivity index (χ0v) is 13.3.